The highest BCUT2D eigenvalue weighted by Gasteiger charge is 2.26. The largest absolute Gasteiger partial charge is 0.379 e. The minimum absolute atomic E-state index is 0.0306. The molecular formula is C18H22FNO3. The number of ether oxygens (including phenoxy) is 2. The number of hydrogen-bond donors (Lipinski definition) is 0. The van der Waals surface area contributed by atoms with E-state index in [1.807, 2.05) is 4.90 Å². The number of amides is 1. The SMILES string of the molecule is O=C(/C=C/c1cccc(F)c1)N1CCC(OC2CCOC2)CC1. The lowest BCUT2D eigenvalue weighted by Crippen LogP contribution is -2.41. The zero-order valence-corrected chi connectivity index (χ0v) is 13.1. The van der Waals surface area contributed by atoms with Gasteiger partial charge >= 0.3 is 0 Å². The minimum Gasteiger partial charge on any atom is -0.379 e. The van der Waals surface area contributed by atoms with Crippen molar-refractivity contribution in [1.29, 1.82) is 0 Å². The fraction of sp³-hybridized carbons (Fsp3) is 0.500. The van der Waals surface area contributed by atoms with Crippen molar-refractivity contribution in [1.82, 2.24) is 4.90 Å². The summed E-state index contributed by atoms with van der Waals surface area (Å²) >= 11 is 0. The Kier molecular flexibility index (Phi) is 5.41. The van der Waals surface area contributed by atoms with Crippen molar-refractivity contribution in [3.8, 4) is 0 Å². The van der Waals surface area contributed by atoms with Crippen LogP contribution in [0.5, 0.6) is 0 Å². The second kappa shape index (κ2) is 7.70. The fourth-order valence-electron chi connectivity index (χ4n) is 2.99. The molecule has 1 aromatic rings. The summed E-state index contributed by atoms with van der Waals surface area (Å²) in [6.07, 6.45) is 6.29. The number of piperidine rings is 1. The minimum atomic E-state index is -0.298. The molecule has 1 aromatic carbocycles. The Morgan fingerprint density at radius 2 is 2.09 bits per heavy atom. The van der Waals surface area contributed by atoms with Crippen LogP contribution in [0, 0.1) is 5.82 Å². The first-order valence-electron chi connectivity index (χ1n) is 8.16. The maximum Gasteiger partial charge on any atom is 0.246 e. The molecule has 4 nitrogen and oxygen atoms in total. The van der Waals surface area contributed by atoms with E-state index in [2.05, 4.69) is 0 Å². The molecular weight excluding hydrogens is 297 g/mol. The number of hydrogen-bond acceptors (Lipinski definition) is 3. The van der Waals surface area contributed by atoms with Crippen LogP contribution in [0.15, 0.2) is 30.3 Å². The van der Waals surface area contributed by atoms with Crippen LogP contribution in [0.3, 0.4) is 0 Å². The molecule has 1 amide bonds. The highest BCUT2D eigenvalue weighted by atomic mass is 19.1. The molecule has 3 rings (SSSR count). The van der Waals surface area contributed by atoms with Crippen molar-refractivity contribution >= 4 is 12.0 Å². The predicted octanol–water partition coefficient (Wildman–Crippen LogP) is 2.64. The van der Waals surface area contributed by atoms with Crippen LogP contribution in [0.2, 0.25) is 0 Å². The monoisotopic (exact) mass is 319 g/mol. The summed E-state index contributed by atoms with van der Waals surface area (Å²) in [6.45, 7) is 2.87. The van der Waals surface area contributed by atoms with Crippen LogP contribution in [-0.2, 0) is 14.3 Å². The Hall–Kier alpha value is -1.72. The Morgan fingerprint density at radius 1 is 1.26 bits per heavy atom. The van der Waals surface area contributed by atoms with E-state index in [1.54, 1.807) is 18.2 Å². The van der Waals surface area contributed by atoms with Crippen LogP contribution >= 0.6 is 0 Å². The second-order valence-corrected chi connectivity index (χ2v) is 6.03. The molecule has 2 fully saturated rings. The predicted molar refractivity (Wildman–Crippen MR) is 85.3 cm³/mol. The first-order valence-corrected chi connectivity index (χ1v) is 8.16. The lowest BCUT2D eigenvalue weighted by Gasteiger charge is -2.32. The van der Waals surface area contributed by atoms with Crippen molar-refractivity contribution in [2.45, 2.75) is 31.5 Å². The normalized spacial score (nSPS) is 22.8. The van der Waals surface area contributed by atoms with E-state index < -0.39 is 0 Å². The molecule has 5 heteroatoms. The van der Waals surface area contributed by atoms with Gasteiger partial charge in [0.05, 0.1) is 18.8 Å². The van der Waals surface area contributed by atoms with Gasteiger partial charge in [-0.05, 0) is 43.0 Å². The van der Waals surface area contributed by atoms with E-state index in [4.69, 9.17) is 9.47 Å². The Balaban J connectivity index is 1.46. The molecule has 0 aliphatic carbocycles. The summed E-state index contributed by atoms with van der Waals surface area (Å²) in [7, 11) is 0. The Morgan fingerprint density at radius 3 is 2.78 bits per heavy atom. The molecule has 2 saturated heterocycles. The zero-order chi connectivity index (χ0) is 16.1. The maximum atomic E-state index is 13.1. The van der Waals surface area contributed by atoms with Gasteiger partial charge in [-0.3, -0.25) is 4.79 Å². The molecule has 1 unspecified atom stereocenters. The first-order chi connectivity index (χ1) is 11.2. The fourth-order valence-corrected chi connectivity index (χ4v) is 2.99. The molecule has 0 saturated carbocycles. The molecule has 2 aliphatic heterocycles. The molecule has 0 N–H and O–H groups in total. The third-order valence-electron chi connectivity index (χ3n) is 4.29. The summed E-state index contributed by atoms with van der Waals surface area (Å²) in [4.78, 5) is 14.0. The van der Waals surface area contributed by atoms with E-state index in [0.717, 1.165) is 25.9 Å². The summed E-state index contributed by atoms with van der Waals surface area (Å²) in [6, 6.07) is 6.21. The lowest BCUT2D eigenvalue weighted by atomic mass is 10.1. The maximum absolute atomic E-state index is 13.1. The van der Waals surface area contributed by atoms with Crippen molar-refractivity contribution in [2.75, 3.05) is 26.3 Å². The number of likely N-dealkylation sites (tertiary alicyclic amines) is 1. The highest BCUT2D eigenvalue weighted by Crippen LogP contribution is 2.19. The van der Waals surface area contributed by atoms with Gasteiger partial charge < -0.3 is 14.4 Å². The van der Waals surface area contributed by atoms with Crippen molar-refractivity contribution in [3.63, 3.8) is 0 Å². The average molecular weight is 319 g/mol. The summed E-state index contributed by atoms with van der Waals surface area (Å²) in [5.41, 5.74) is 0.692. The lowest BCUT2D eigenvalue weighted by molar-refractivity contribution is -0.129. The number of halogens is 1. The number of carbonyl (C=O) groups excluding carboxylic acids is 1. The highest BCUT2D eigenvalue weighted by molar-refractivity contribution is 5.91. The van der Waals surface area contributed by atoms with E-state index >= 15 is 0 Å². The van der Waals surface area contributed by atoms with Gasteiger partial charge in [-0.15, -0.1) is 0 Å². The van der Waals surface area contributed by atoms with Crippen molar-refractivity contribution < 1.29 is 18.7 Å². The first kappa shape index (κ1) is 16.1. The summed E-state index contributed by atoms with van der Waals surface area (Å²) in [5, 5.41) is 0. The molecule has 23 heavy (non-hydrogen) atoms. The van der Waals surface area contributed by atoms with Gasteiger partial charge in [0.15, 0.2) is 0 Å². The third-order valence-corrected chi connectivity index (χ3v) is 4.29. The topological polar surface area (TPSA) is 38.8 Å². The third kappa shape index (κ3) is 4.62. The summed E-state index contributed by atoms with van der Waals surface area (Å²) in [5.74, 6) is -0.328. The van der Waals surface area contributed by atoms with E-state index in [1.165, 1.54) is 18.2 Å². The second-order valence-electron chi connectivity index (χ2n) is 6.03. The van der Waals surface area contributed by atoms with Crippen molar-refractivity contribution in [2.24, 2.45) is 0 Å². The molecule has 124 valence electrons. The number of nitrogens with zero attached hydrogens (tertiary/aromatic N) is 1. The van der Waals surface area contributed by atoms with E-state index in [9.17, 15) is 9.18 Å². The molecule has 1 atom stereocenters. The van der Waals surface area contributed by atoms with Gasteiger partial charge in [0, 0.05) is 25.8 Å². The van der Waals surface area contributed by atoms with Crippen LogP contribution < -0.4 is 0 Å². The standard InChI is InChI=1S/C18H22FNO3/c19-15-3-1-2-14(12-15)4-5-18(21)20-9-6-16(7-10-20)23-17-8-11-22-13-17/h1-5,12,16-17H,6-11,13H2/b5-4+. The molecule has 0 spiro atoms. The van der Waals surface area contributed by atoms with E-state index in [0.29, 0.717) is 25.3 Å². The van der Waals surface area contributed by atoms with Crippen LogP contribution in [0.1, 0.15) is 24.8 Å². The average Bonchev–Trinajstić information content (AvgIpc) is 3.06. The Bertz CT molecular complexity index is 561. The van der Waals surface area contributed by atoms with Gasteiger partial charge in [-0.1, -0.05) is 12.1 Å². The van der Waals surface area contributed by atoms with Gasteiger partial charge in [-0.2, -0.15) is 0 Å². The Labute approximate surface area is 135 Å². The number of carbonyl (C=O) groups is 1. The molecule has 2 aliphatic rings. The zero-order valence-electron chi connectivity index (χ0n) is 13.1. The van der Waals surface area contributed by atoms with Crippen LogP contribution in [0.25, 0.3) is 6.08 Å². The summed E-state index contributed by atoms with van der Waals surface area (Å²) < 4.78 is 24.4. The molecule has 0 radical (unpaired) electrons. The van der Waals surface area contributed by atoms with Gasteiger partial charge in [0.25, 0.3) is 0 Å². The molecule has 0 bridgehead atoms. The van der Waals surface area contributed by atoms with E-state index in [-0.39, 0.29) is 23.9 Å². The van der Waals surface area contributed by atoms with Gasteiger partial charge in [0.1, 0.15) is 5.82 Å². The number of rotatable bonds is 4. The molecule has 2 heterocycles. The van der Waals surface area contributed by atoms with Gasteiger partial charge in [0.2, 0.25) is 5.91 Å². The van der Waals surface area contributed by atoms with Gasteiger partial charge in [-0.25, -0.2) is 4.39 Å². The quantitative estimate of drug-likeness (QED) is 0.801. The van der Waals surface area contributed by atoms with Crippen LogP contribution in [-0.4, -0.2) is 49.3 Å². The number of benzene rings is 1. The molecule has 0 aromatic heterocycles. The smallest absolute Gasteiger partial charge is 0.246 e. The van der Waals surface area contributed by atoms with Crippen molar-refractivity contribution in [3.05, 3.63) is 41.7 Å². The van der Waals surface area contributed by atoms with Crippen LogP contribution in [0.4, 0.5) is 4.39 Å².